The van der Waals surface area contributed by atoms with Gasteiger partial charge in [-0.15, -0.1) is 0 Å². The van der Waals surface area contributed by atoms with Crippen LogP contribution in [0.2, 0.25) is 0 Å². The number of pyridine rings is 2. The number of ether oxygens (including phenoxy) is 2. The number of nitrogens with one attached hydrogen (secondary N) is 2. The highest BCUT2D eigenvalue weighted by atomic mass is 19.1. The van der Waals surface area contributed by atoms with Crippen molar-refractivity contribution < 1.29 is 23.8 Å². The maximum Gasteiger partial charge on any atom is 0.410 e. The summed E-state index contributed by atoms with van der Waals surface area (Å²) in [4.78, 5) is 19.1. The van der Waals surface area contributed by atoms with Gasteiger partial charge in [0.15, 0.2) is 5.82 Å². The van der Waals surface area contributed by atoms with Gasteiger partial charge < -0.3 is 25.6 Å². The molecular weight excluding hydrogens is 443 g/mol. The van der Waals surface area contributed by atoms with Gasteiger partial charge in [0, 0.05) is 42.1 Å². The van der Waals surface area contributed by atoms with E-state index in [9.17, 15) is 9.18 Å². The number of fused-ring (bicyclic) bond motifs is 2. The van der Waals surface area contributed by atoms with E-state index in [-0.39, 0.29) is 23.0 Å². The van der Waals surface area contributed by atoms with Crippen molar-refractivity contribution in [3.63, 3.8) is 0 Å². The number of aromatic nitrogens is 2. The number of anilines is 3. The second-order valence-electron chi connectivity index (χ2n) is 7.81. The lowest BCUT2D eigenvalue weighted by Crippen LogP contribution is -2.20. The van der Waals surface area contributed by atoms with Crippen LogP contribution in [-0.4, -0.2) is 47.5 Å². The number of hydrogen-bond donors (Lipinski definition) is 4. The van der Waals surface area contributed by atoms with Crippen LogP contribution in [0.1, 0.15) is 12.0 Å². The molecule has 3 aromatic rings. The van der Waals surface area contributed by atoms with E-state index in [1.54, 1.807) is 12.3 Å². The molecular formula is C23H23FN6O4. The first-order valence-corrected chi connectivity index (χ1v) is 10.6. The van der Waals surface area contributed by atoms with Crippen LogP contribution in [0, 0.1) is 30.0 Å². The van der Waals surface area contributed by atoms with Crippen LogP contribution in [0.5, 0.6) is 5.88 Å². The second-order valence-corrected chi connectivity index (χ2v) is 7.81. The summed E-state index contributed by atoms with van der Waals surface area (Å²) in [5.74, 6) is 0.209. The van der Waals surface area contributed by atoms with Crippen LogP contribution in [0.15, 0.2) is 24.5 Å². The molecule has 1 aromatic carbocycles. The summed E-state index contributed by atoms with van der Waals surface area (Å²) in [6.45, 7) is 4.43. The van der Waals surface area contributed by atoms with Crippen LogP contribution in [0.4, 0.5) is 26.4 Å². The van der Waals surface area contributed by atoms with Crippen molar-refractivity contribution in [3.05, 3.63) is 35.9 Å². The molecule has 0 spiro atoms. The fraction of sp³-hybridized carbons (Fsp3) is 0.304. The molecule has 176 valence electrons. The van der Waals surface area contributed by atoms with E-state index in [2.05, 4.69) is 26.7 Å². The normalized spacial score (nSPS) is 16.3. The summed E-state index contributed by atoms with van der Waals surface area (Å²) >= 11 is 0. The number of nitriles is 1. The Labute approximate surface area is 194 Å². The number of hydrogen-bond acceptors (Lipinski definition) is 8. The largest absolute Gasteiger partial charge is 0.474 e. The van der Waals surface area contributed by atoms with E-state index < -0.39 is 11.9 Å². The first-order valence-electron chi connectivity index (χ1n) is 10.6. The minimum atomic E-state index is -1.24. The number of rotatable bonds is 2. The van der Waals surface area contributed by atoms with Gasteiger partial charge in [-0.3, -0.25) is 5.32 Å². The van der Waals surface area contributed by atoms with Crippen LogP contribution < -0.4 is 21.1 Å². The Kier molecular flexibility index (Phi) is 6.60. The van der Waals surface area contributed by atoms with Crippen molar-refractivity contribution in [1.29, 1.82) is 5.26 Å². The number of halogens is 1. The van der Waals surface area contributed by atoms with Gasteiger partial charge in [0.05, 0.1) is 24.3 Å². The van der Waals surface area contributed by atoms with Crippen molar-refractivity contribution in [2.45, 2.75) is 13.3 Å². The number of carbonyl (C=O) groups is 1. The van der Waals surface area contributed by atoms with Gasteiger partial charge in [-0.1, -0.05) is 0 Å². The van der Waals surface area contributed by atoms with Gasteiger partial charge in [0.25, 0.3) is 0 Å². The smallest absolute Gasteiger partial charge is 0.410 e. The fourth-order valence-corrected chi connectivity index (χ4v) is 3.80. The van der Waals surface area contributed by atoms with E-state index in [1.807, 2.05) is 6.92 Å². The van der Waals surface area contributed by atoms with Crippen LogP contribution in [0.25, 0.3) is 21.9 Å². The number of nitrogens with zero attached hydrogens (tertiary/aromatic N) is 3. The molecule has 1 unspecified atom stereocenters. The Hall–Kier alpha value is -4.17. The molecule has 11 heteroatoms. The lowest BCUT2D eigenvalue weighted by molar-refractivity contribution is 0.192. The second kappa shape index (κ2) is 9.76. The molecule has 0 bridgehead atoms. The standard InChI is InChI=1S/C18H16FN5O3.C5H7NO/c1-8-11(6-23-17-16(8)21-2-3-27-17)10-4-9-5-13(24-18(25)26)22-7-12(9)15(20)14(10)19;6-3-5-1-2-7-4-5/h4-7,21H,2-3,20H2,1H3,(H,22,24)(H,25,26);5H,1-2,4H2. The predicted molar refractivity (Wildman–Crippen MR) is 124 cm³/mol. The molecule has 5 rings (SSSR count). The zero-order valence-corrected chi connectivity index (χ0v) is 18.4. The van der Waals surface area contributed by atoms with Gasteiger partial charge in [-0.25, -0.2) is 19.2 Å². The van der Waals surface area contributed by atoms with E-state index in [4.69, 9.17) is 25.6 Å². The zero-order valence-electron chi connectivity index (χ0n) is 18.4. The Morgan fingerprint density at radius 1 is 1.32 bits per heavy atom. The topological polar surface area (TPSA) is 155 Å². The summed E-state index contributed by atoms with van der Waals surface area (Å²) in [5, 5.41) is 23.4. The minimum absolute atomic E-state index is 0.0572. The maximum absolute atomic E-state index is 15.0. The summed E-state index contributed by atoms with van der Waals surface area (Å²) in [7, 11) is 0. The van der Waals surface area contributed by atoms with E-state index in [1.165, 1.54) is 12.3 Å². The molecule has 2 aliphatic heterocycles. The van der Waals surface area contributed by atoms with Crippen LogP contribution in [0.3, 0.4) is 0 Å². The van der Waals surface area contributed by atoms with E-state index in [0.29, 0.717) is 42.0 Å². The average molecular weight is 466 g/mol. The summed E-state index contributed by atoms with van der Waals surface area (Å²) in [6, 6.07) is 5.25. The molecule has 1 atom stereocenters. The molecule has 0 aliphatic carbocycles. The molecule has 10 nitrogen and oxygen atoms in total. The Morgan fingerprint density at radius 2 is 2.15 bits per heavy atom. The van der Waals surface area contributed by atoms with Gasteiger partial charge in [0.1, 0.15) is 18.1 Å². The molecule has 0 saturated carbocycles. The first kappa shape index (κ1) is 23.0. The van der Waals surface area contributed by atoms with Gasteiger partial charge in [0.2, 0.25) is 5.88 Å². The number of nitrogens with two attached hydrogens (primary N) is 1. The highest BCUT2D eigenvalue weighted by Gasteiger charge is 2.21. The molecule has 0 radical (unpaired) electrons. The third-order valence-electron chi connectivity index (χ3n) is 5.58. The van der Waals surface area contributed by atoms with Crippen molar-refractivity contribution in [2.75, 3.05) is 42.7 Å². The number of amides is 1. The Morgan fingerprint density at radius 3 is 2.82 bits per heavy atom. The molecule has 34 heavy (non-hydrogen) atoms. The molecule has 4 heterocycles. The average Bonchev–Trinajstić information content (AvgIpc) is 3.36. The SMILES string of the molecule is Cc1c(-c2cc3cc(NC(=O)O)ncc3c(N)c2F)cnc2c1NCCO2.N#CC1CCOC1. The summed E-state index contributed by atoms with van der Waals surface area (Å²) in [5.41, 5.74) is 8.28. The van der Waals surface area contributed by atoms with Gasteiger partial charge in [-0.05, 0) is 36.4 Å². The molecule has 5 N–H and O–H groups in total. The zero-order chi connectivity index (χ0) is 24.2. The number of benzene rings is 1. The summed E-state index contributed by atoms with van der Waals surface area (Å²) in [6.07, 6.45) is 2.58. The third kappa shape index (κ3) is 4.62. The molecule has 1 amide bonds. The third-order valence-corrected chi connectivity index (χ3v) is 5.58. The van der Waals surface area contributed by atoms with Crippen molar-refractivity contribution in [2.24, 2.45) is 5.92 Å². The van der Waals surface area contributed by atoms with Crippen molar-refractivity contribution >= 4 is 34.1 Å². The fourth-order valence-electron chi connectivity index (χ4n) is 3.80. The lowest BCUT2D eigenvalue weighted by atomic mass is 9.97. The van der Waals surface area contributed by atoms with Crippen LogP contribution >= 0.6 is 0 Å². The minimum Gasteiger partial charge on any atom is -0.474 e. The number of nitrogen functional groups attached to an aromatic ring is 1. The Bertz CT molecular complexity index is 1290. The predicted octanol–water partition coefficient (Wildman–Crippen LogP) is 3.77. The summed E-state index contributed by atoms with van der Waals surface area (Å²) < 4.78 is 25.4. The molecule has 1 fully saturated rings. The van der Waals surface area contributed by atoms with Crippen molar-refractivity contribution in [3.8, 4) is 23.1 Å². The van der Waals surface area contributed by atoms with E-state index >= 15 is 0 Å². The lowest BCUT2D eigenvalue weighted by Gasteiger charge is -2.22. The van der Waals surface area contributed by atoms with Crippen molar-refractivity contribution in [1.82, 2.24) is 9.97 Å². The molecule has 2 aromatic heterocycles. The monoisotopic (exact) mass is 466 g/mol. The highest BCUT2D eigenvalue weighted by molar-refractivity contribution is 5.99. The Balaban J connectivity index is 0.000000336. The first-order chi connectivity index (χ1) is 16.4. The van der Waals surface area contributed by atoms with E-state index in [0.717, 1.165) is 24.3 Å². The molecule has 2 aliphatic rings. The quantitative estimate of drug-likeness (QED) is 0.413. The maximum atomic E-state index is 15.0. The molecule has 1 saturated heterocycles. The van der Waals surface area contributed by atoms with Crippen LogP contribution in [-0.2, 0) is 4.74 Å². The highest BCUT2D eigenvalue weighted by Crippen LogP contribution is 2.39. The van der Waals surface area contributed by atoms with Gasteiger partial charge in [-0.2, -0.15) is 5.26 Å². The number of carboxylic acid groups (broad SMARTS) is 1. The van der Waals surface area contributed by atoms with Gasteiger partial charge >= 0.3 is 6.09 Å².